The molecule has 1 aromatic carbocycles. The Morgan fingerprint density at radius 3 is 2.73 bits per heavy atom. The van der Waals surface area contributed by atoms with Crippen LogP contribution in [0.2, 0.25) is 5.02 Å². The predicted molar refractivity (Wildman–Crippen MR) is 97.4 cm³/mol. The zero-order chi connectivity index (χ0) is 18.9. The van der Waals surface area contributed by atoms with Gasteiger partial charge in [-0.15, -0.1) is 0 Å². The van der Waals surface area contributed by atoms with Crippen molar-refractivity contribution in [2.45, 2.75) is 20.0 Å². The number of benzene rings is 1. The standard InChI is InChI=1S/C17H18ClN5O3/c1-11(2)25-5-6-26-15-4-3-12(18)7-14(15)22-17(24)23-16-10-20-13(8-19)9-21-16/h3-4,7,9-11H,5-6H2,1-2H3,(H2,21,22,23,24). The lowest BCUT2D eigenvalue weighted by Crippen LogP contribution is -2.21. The molecule has 0 spiro atoms. The molecule has 0 bridgehead atoms. The van der Waals surface area contributed by atoms with Crippen LogP contribution in [0.5, 0.6) is 5.75 Å². The number of rotatable bonds is 7. The molecule has 0 fully saturated rings. The fraction of sp³-hybridized carbons (Fsp3) is 0.294. The van der Waals surface area contributed by atoms with Gasteiger partial charge in [0.25, 0.3) is 0 Å². The summed E-state index contributed by atoms with van der Waals surface area (Å²) in [7, 11) is 0. The molecule has 2 amide bonds. The van der Waals surface area contributed by atoms with E-state index in [4.69, 9.17) is 26.3 Å². The monoisotopic (exact) mass is 375 g/mol. The molecule has 0 unspecified atom stereocenters. The Hall–Kier alpha value is -2.89. The lowest BCUT2D eigenvalue weighted by Gasteiger charge is -2.14. The van der Waals surface area contributed by atoms with E-state index in [0.29, 0.717) is 29.7 Å². The second kappa shape index (κ2) is 9.56. The summed E-state index contributed by atoms with van der Waals surface area (Å²) < 4.78 is 11.1. The van der Waals surface area contributed by atoms with Crippen LogP contribution in [0.3, 0.4) is 0 Å². The minimum absolute atomic E-state index is 0.112. The second-order valence-electron chi connectivity index (χ2n) is 5.39. The summed E-state index contributed by atoms with van der Waals surface area (Å²) in [6.07, 6.45) is 2.66. The van der Waals surface area contributed by atoms with Crippen molar-refractivity contribution in [3.63, 3.8) is 0 Å². The Morgan fingerprint density at radius 1 is 1.27 bits per heavy atom. The minimum atomic E-state index is -0.547. The summed E-state index contributed by atoms with van der Waals surface area (Å²) >= 11 is 5.99. The molecule has 0 radical (unpaired) electrons. The number of nitrogens with zero attached hydrogens (tertiary/aromatic N) is 3. The van der Waals surface area contributed by atoms with Crippen LogP contribution >= 0.6 is 11.6 Å². The van der Waals surface area contributed by atoms with Crippen LogP contribution in [-0.2, 0) is 4.74 Å². The van der Waals surface area contributed by atoms with Crippen molar-refractivity contribution >= 4 is 29.1 Å². The van der Waals surface area contributed by atoms with Gasteiger partial charge in [-0.05, 0) is 32.0 Å². The van der Waals surface area contributed by atoms with Crippen molar-refractivity contribution in [2.75, 3.05) is 23.8 Å². The summed E-state index contributed by atoms with van der Waals surface area (Å²) in [6.45, 7) is 4.63. The minimum Gasteiger partial charge on any atom is -0.489 e. The van der Waals surface area contributed by atoms with E-state index in [1.54, 1.807) is 18.2 Å². The summed E-state index contributed by atoms with van der Waals surface area (Å²) in [5.41, 5.74) is 0.561. The second-order valence-corrected chi connectivity index (χ2v) is 5.82. The number of hydrogen-bond acceptors (Lipinski definition) is 6. The van der Waals surface area contributed by atoms with Gasteiger partial charge in [-0.1, -0.05) is 11.6 Å². The van der Waals surface area contributed by atoms with Gasteiger partial charge in [-0.2, -0.15) is 5.26 Å². The molecule has 0 aliphatic rings. The van der Waals surface area contributed by atoms with Gasteiger partial charge in [-0.25, -0.2) is 14.8 Å². The summed E-state index contributed by atoms with van der Waals surface area (Å²) in [5, 5.41) is 14.3. The highest BCUT2D eigenvalue weighted by atomic mass is 35.5. The molecule has 0 saturated heterocycles. The molecule has 8 nitrogen and oxygen atoms in total. The molecule has 0 aliphatic carbocycles. The number of amides is 2. The number of carbonyl (C=O) groups excluding carboxylic acids is 1. The SMILES string of the molecule is CC(C)OCCOc1ccc(Cl)cc1NC(=O)Nc1cnc(C#N)cn1. The van der Waals surface area contributed by atoms with Gasteiger partial charge in [0.05, 0.1) is 30.8 Å². The van der Waals surface area contributed by atoms with Gasteiger partial charge in [0, 0.05) is 5.02 Å². The first-order chi connectivity index (χ1) is 12.5. The van der Waals surface area contributed by atoms with E-state index >= 15 is 0 Å². The Balaban J connectivity index is 1.98. The van der Waals surface area contributed by atoms with Crippen molar-refractivity contribution < 1.29 is 14.3 Å². The number of hydrogen-bond donors (Lipinski definition) is 2. The first-order valence-corrected chi connectivity index (χ1v) is 8.20. The maximum atomic E-state index is 12.1. The van der Waals surface area contributed by atoms with E-state index in [0.717, 1.165) is 0 Å². The fourth-order valence-electron chi connectivity index (χ4n) is 1.88. The molecule has 0 atom stereocenters. The number of aromatic nitrogens is 2. The van der Waals surface area contributed by atoms with Gasteiger partial charge >= 0.3 is 6.03 Å². The van der Waals surface area contributed by atoms with Crippen molar-refractivity contribution in [2.24, 2.45) is 0 Å². The summed E-state index contributed by atoms with van der Waals surface area (Å²) in [4.78, 5) is 19.9. The Labute approximate surface area is 156 Å². The third-order valence-electron chi connectivity index (χ3n) is 2.99. The van der Waals surface area contributed by atoms with E-state index in [9.17, 15) is 4.79 Å². The molecule has 0 aliphatic heterocycles. The van der Waals surface area contributed by atoms with Crippen LogP contribution in [-0.4, -0.2) is 35.3 Å². The summed E-state index contributed by atoms with van der Waals surface area (Å²) in [5.74, 6) is 0.666. The Morgan fingerprint density at radius 2 is 2.08 bits per heavy atom. The third-order valence-corrected chi connectivity index (χ3v) is 3.22. The van der Waals surface area contributed by atoms with Crippen molar-refractivity contribution in [3.05, 3.63) is 41.3 Å². The van der Waals surface area contributed by atoms with Gasteiger partial charge in [0.2, 0.25) is 0 Å². The van der Waals surface area contributed by atoms with Crippen LogP contribution in [0.1, 0.15) is 19.5 Å². The molecular weight excluding hydrogens is 358 g/mol. The fourth-order valence-corrected chi connectivity index (χ4v) is 2.05. The average Bonchev–Trinajstić information content (AvgIpc) is 2.60. The largest absolute Gasteiger partial charge is 0.489 e. The molecule has 2 aromatic rings. The lowest BCUT2D eigenvalue weighted by molar-refractivity contribution is 0.0554. The van der Waals surface area contributed by atoms with Crippen LogP contribution in [0.15, 0.2) is 30.6 Å². The van der Waals surface area contributed by atoms with Gasteiger partial charge in [0.1, 0.15) is 18.4 Å². The number of halogens is 1. The quantitative estimate of drug-likeness (QED) is 0.717. The topological polar surface area (TPSA) is 109 Å². The number of carbonyl (C=O) groups is 1. The highest BCUT2D eigenvalue weighted by Gasteiger charge is 2.10. The van der Waals surface area contributed by atoms with Crippen molar-refractivity contribution in [1.82, 2.24) is 9.97 Å². The van der Waals surface area contributed by atoms with Crippen molar-refractivity contribution in [1.29, 1.82) is 5.26 Å². The van der Waals surface area contributed by atoms with Gasteiger partial charge in [-0.3, -0.25) is 5.32 Å². The number of nitrogens with one attached hydrogen (secondary N) is 2. The number of urea groups is 1. The molecule has 2 rings (SSSR count). The molecule has 1 heterocycles. The van der Waals surface area contributed by atoms with Crippen LogP contribution < -0.4 is 15.4 Å². The van der Waals surface area contributed by atoms with Crippen LogP contribution in [0, 0.1) is 11.3 Å². The van der Waals surface area contributed by atoms with E-state index < -0.39 is 6.03 Å². The molecule has 9 heteroatoms. The van der Waals surface area contributed by atoms with Crippen molar-refractivity contribution in [3.8, 4) is 11.8 Å². The Bertz CT molecular complexity index is 790. The van der Waals surface area contributed by atoms with E-state index in [2.05, 4.69) is 20.6 Å². The number of nitriles is 1. The molecule has 136 valence electrons. The highest BCUT2D eigenvalue weighted by molar-refractivity contribution is 6.31. The molecule has 0 saturated carbocycles. The van der Waals surface area contributed by atoms with Gasteiger partial charge in [0.15, 0.2) is 11.5 Å². The smallest absolute Gasteiger partial charge is 0.325 e. The van der Waals surface area contributed by atoms with Gasteiger partial charge < -0.3 is 14.8 Å². The molecule has 2 N–H and O–H groups in total. The maximum Gasteiger partial charge on any atom is 0.325 e. The number of ether oxygens (including phenoxy) is 2. The zero-order valence-corrected chi connectivity index (χ0v) is 15.1. The Kier molecular flexibility index (Phi) is 7.14. The first-order valence-electron chi connectivity index (χ1n) is 7.82. The molecular formula is C17H18ClN5O3. The lowest BCUT2D eigenvalue weighted by atomic mass is 10.3. The summed E-state index contributed by atoms with van der Waals surface area (Å²) in [6, 6.07) is 6.20. The highest BCUT2D eigenvalue weighted by Crippen LogP contribution is 2.28. The molecule has 1 aromatic heterocycles. The molecule has 26 heavy (non-hydrogen) atoms. The van der Waals surface area contributed by atoms with Crippen LogP contribution in [0.4, 0.5) is 16.3 Å². The average molecular weight is 376 g/mol. The predicted octanol–water partition coefficient (Wildman–Crippen LogP) is 3.45. The third kappa shape index (κ3) is 6.20. The maximum absolute atomic E-state index is 12.1. The van der Waals surface area contributed by atoms with E-state index in [1.165, 1.54) is 12.4 Å². The van der Waals surface area contributed by atoms with E-state index in [-0.39, 0.29) is 17.6 Å². The normalized spacial score (nSPS) is 10.3. The number of anilines is 2. The van der Waals surface area contributed by atoms with E-state index in [1.807, 2.05) is 19.9 Å². The van der Waals surface area contributed by atoms with Crippen LogP contribution in [0.25, 0.3) is 0 Å². The first kappa shape index (κ1) is 19.4. The zero-order valence-electron chi connectivity index (χ0n) is 14.3.